The van der Waals surface area contributed by atoms with Gasteiger partial charge in [-0.2, -0.15) is 19.0 Å². The first kappa shape index (κ1) is 34.4. The summed E-state index contributed by atoms with van der Waals surface area (Å²) < 4.78 is 55.9. The van der Waals surface area contributed by atoms with E-state index in [-0.39, 0.29) is 36.4 Å². The van der Waals surface area contributed by atoms with Gasteiger partial charge in [-0.15, -0.1) is 0 Å². The van der Waals surface area contributed by atoms with Crippen molar-refractivity contribution in [3.8, 4) is 35.1 Å². The lowest BCUT2D eigenvalue weighted by atomic mass is 10.1. The largest absolute Gasteiger partial charge is 0.485 e. The SMILES string of the molecule is CCOC(=O)c1ccc(Sc2c(F)c(Oc3cc(C#N)ccc3OCc3ccccc3)nc(Oc3ccccc3C3NCCN3C)c2F)cc1. The number of para-hydroxylation sites is 1. The van der Waals surface area contributed by atoms with E-state index in [4.69, 9.17) is 18.9 Å². The number of halogens is 2. The van der Waals surface area contributed by atoms with Crippen LogP contribution in [0.25, 0.3) is 0 Å². The molecule has 4 aromatic carbocycles. The molecule has 254 valence electrons. The van der Waals surface area contributed by atoms with E-state index in [1.54, 1.807) is 37.3 Å². The average Bonchev–Trinajstić information content (AvgIpc) is 3.57. The zero-order chi connectivity index (χ0) is 35.0. The lowest BCUT2D eigenvalue weighted by Crippen LogP contribution is -2.24. The van der Waals surface area contributed by atoms with Crippen molar-refractivity contribution in [2.75, 3.05) is 26.7 Å². The van der Waals surface area contributed by atoms with Gasteiger partial charge in [-0.25, -0.2) is 4.79 Å². The fourth-order valence-electron chi connectivity index (χ4n) is 5.23. The number of ether oxygens (including phenoxy) is 4. The lowest BCUT2D eigenvalue weighted by molar-refractivity contribution is 0.0526. The van der Waals surface area contributed by atoms with Crippen molar-refractivity contribution in [1.82, 2.24) is 15.2 Å². The molecule has 0 bridgehead atoms. The zero-order valence-corrected chi connectivity index (χ0v) is 28.0. The summed E-state index contributed by atoms with van der Waals surface area (Å²) in [6.07, 6.45) is -0.199. The van der Waals surface area contributed by atoms with E-state index < -0.39 is 34.3 Å². The zero-order valence-electron chi connectivity index (χ0n) is 27.2. The summed E-state index contributed by atoms with van der Waals surface area (Å²) in [6, 6.07) is 29.2. The number of hydrogen-bond acceptors (Lipinski definition) is 10. The molecule has 0 amide bonds. The van der Waals surface area contributed by atoms with Crippen molar-refractivity contribution in [2.24, 2.45) is 0 Å². The summed E-state index contributed by atoms with van der Waals surface area (Å²) in [5, 5.41) is 13.0. The Morgan fingerprint density at radius 2 is 1.64 bits per heavy atom. The van der Waals surface area contributed by atoms with Gasteiger partial charge >= 0.3 is 5.97 Å². The first-order chi connectivity index (χ1) is 24.3. The molecule has 9 nitrogen and oxygen atoms in total. The fraction of sp³-hybridized carbons (Fsp3) is 0.184. The van der Waals surface area contributed by atoms with Crippen LogP contribution in [-0.4, -0.2) is 42.6 Å². The fourth-order valence-corrected chi connectivity index (χ4v) is 6.09. The highest BCUT2D eigenvalue weighted by molar-refractivity contribution is 7.99. The van der Waals surface area contributed by atoms with Crippen LogP contribution in [0.1, 0.15) is 40.1 Å². The highest BCUT2D eigenvalue weighted by atomic mass is 32.2. The molecule has 1 saturated heterocycles. The Morgan fingerprint density at radius 3 is 2.32 bits per heavy atom. The Balaban J connectivity index is 1.40. The van der Waals surface area contributed by atoms with Crippen molar-refractivity contribution in [3.63, 3.8) is 0 Å². The molecule has 1 fully saturated rings. The number of benzene rings is 4. The molecule has 1 unspecified atom stereocenters. The van der Waals surface area contributed by atoms with Crippen molar-refractivity contribution in [3.05, 3.63) is 131 Å². The Kier molecular flexibility index (Phi) is 10.9. The standard InChI is InChI=1S/C38H32F2N4O5S/c1-3-46-38(45)26-14-16-27(17-15-26)50-34-32(39)36(48-29-12-8-7-11-28(29)35-42-19-20-44(35)2)43-37(33(34)40)49-31-21-25(22-41)13-18-30(31)47-23-24-9-5-4-6-10-24/h4-18,21,35,42H,3,19-20,23H2,1-2H3. The molecular formula is C38H32F2N4O5S. The predicted molar refractivity (Wildman–Crippen MR) is 183 cm³/mol. The Hall–Kier alpha value is -5.48. The number of nitrogens with zero attached hydrogens (tertiary/aromatic N) is 3. The van der Waals surface area contributed by atoms with Crippen LogP contribution in [0.15, 0.2) is 107 Å². The molecule has 1 N–H and O–H groups in total. The van der Waals surface area contributed by atoms with Crippen molar-refractivity contribution in [2.45, 2.75) is 29.5 Å². The summed E-state index contributed by atoms with van der Waals surface area (Å²) in [4.78, 5) is 18.4. The van der Waals surface area contributed by atoms with E-state index in [0.29, 0.717) is 16.2 Å². The van der Waals surface area contributed by atoms with Crippen LogP contribution < -0.4 is 19.5 Å². The summed E-state index contributed by atoms with van der Waals surface area (Å²) >= 11 is 0.767. The third-order valence-corrected chi connectivity index (χ3v) is 8.81. The van der Waals surface area contributed by atoms with Gasteiger partial charge < -0.3 is 18.9 Å². The smallest absolute Gasteiger partial charge is 0.338 e. The van der Waals surface area contributed by atoms with Crippen LogP contribution in [0.4, 0.5) is 8.78 Å². The van der Waals surface area contributed by atoms with Crippen LogP contribution in [0.5, 0.6) is 29.0 Å². The second-order valence-corrected chi connectivity index (χ2v) is 12.2. The number of hydrogen-bond donors (Lipinski definition) is 1. The van der Waals surface area contributed by atoms with E-state index in [1.807, 2.05) is 55.6 Å². The van der Waals surface area contributed by atoms with E-state index in [2.05, 4.69) is 15.2 Å². The Labute approximate surface area is 292 Å². The van der Waals surface area contributed by atoms with E-state index >= 15 is 8.78 Å². The third-order valence-electron chi connectivity index (χ3n) is 7.74. The number of carbonyl (C=O) groups excluding carboxylic acids is 1. The number of aromatic nitrogens is 1. The number of nitrogens with one attached hydrogen (secondary N) is 1. The van der Waals surface area contributed by atoms with Gasteiger partial charge in [0.1, 0.15) is 12.4 Å². The van der Waals surface area contributed by atoms with E-state index in [9.17, 15) is 10.1 Å². The predicted octanol–water partition coefficient (Wildman–Crippen LogP) is 8.26. The monoisotopic (exact) mass is 694 g/mol. The van der Waals surface area contributed by atoms with Gasteiger partial charge in [0, 0.05) is 29.6 Å². The molecular weight excluding hydrogens is 663 g/mol. The van der Waals surface area contributed by atoms with Crippen molar-refractivity contribution < 1.29 is 32.5 Å². The minimum absolute atomic E-state index is 0.00383. The first-order valence-electron chi connectivity index (χ1n) is 15.8. The number of likely N-dealkylation sites (N-methyl/N-ethyl adjacent to an activating group) is 1. The summed E-state index contributed by atoms with van der Waals surface area (Å²) in [5.41, 5.74) is 2.13. The quantitative estimate of drug-likeness (QED) is 0.128. The Morgan fingerprint density at radius 1 is 0.940 bits per heavy atom. The number of carbonyl (C=O) groups is 1. The van der Waals surface area contributed by atoms with Crippen LogP contribution in [0, 0.1) is 23.0 Å². The maximum atomic E-state index is 16.4. The second-order valence-electron chi connectivity index (χ2n) is 11.2. The molecule has 0 radical (unpaired) electrons. The number of pyridine rings is 1. The van der Waals surface area contributed by atoms with E-state index in [0.717, 1.165) is 36.0 Å². The van der Waals surface area contributed by atoms with Crippen LogP contribution >= 0.6 is 11.8 Å². The summed E-state index contributed by atoms with van der Waals surface area (Å²) in [7, 11) is 1.96. The Bertz CT molecular complexity index is 2030. The summed E-state index contributed by atoms with van der Waals surface area (Å²) in [5.74, 6) is -3.26. The molecule has 0 saturated carbocycles. The summed E-state index contributed by atoms with van der Waals surface area (Å²) in [6.45, 7) is 3.63. The van der Waals surface area contributed by atoms with Gasteiger partial charge in [0.25, 0.3) is 11.8 Å². The van der Waals surface area contributed by atoms with E-state index in [1.165, 1.54) is 24.3 Å². The van der Waals surface area contributed by atoms with Gasteiger partial charge in [0.15, 0.2) is 11.5 Å². The highest BCUT2D eigenvalue weighted by Gasteiger charge is 2.29. The van der Waals surface area contributed by atoms with Crippen LogP contribution in [0.2, 0.25) is 0 Å². The number of rotatable bonds is 12. The van der Waals surface area contributed by atoms with Gasteiger partial charge in [-0.3, -0.25) is 10.2 Å². The highest BCUT2D eigenvalue weighted by Crippen LogP contribution is 2.43. The van der Waals surface area contributed by atoms with Gasteiger partial charge in [0.05, 0.1) is 34.9 Å². The van der Waals surface area contributed by atoms with Crippen LogP contribution in [-0.2, 0) is 11.3 Å². The molecule has 1 atom stereocenters. The molecule has 1 aliphatic heterocycles. The van der Waals surface area contributed by atoms with Crippen LogP contribution in [0.3, 0.4) is 0 Å². The van der Waals surface area contributed by atoms with Gasteiger partial charge in [-0.05, 0) is 62.0 Å². The molecule has 2 heterocycles. The molecule has 0 spiro atoms. The number of esters is 1. The third kappa shape index (κ3) is 7.87. The molecule has 5 aromatic rings. The second kappa shape index (κ2) is 15.8. The average molecular weight is 695 g/mol. The maximum absolute atomic E-state index is 16.4. The van der Waals surface area contributed by atoms with Gasteiger partial charge in [-0.1, -0.05) is 60.3 Å². The minimum Gasteiger partial charge on any atom is -0.485 e. The molecule has 1 aromatic heterocycles. The topological polar surface area (TPSA) is 106 Å². The first-order valence-corrected chi connectivity index (χ1v) is 16.6. The molecule has 12 heteroatoms. The number of nitriles is 1. The molecule has 1 aliphatic rings. The minimum atomic E-state index is -1.10. The molecule has 0 aliphatic carbocycles. The maximum Gasteiger partial charge on any atom is 0.338 e. The molecule has 50 heavy (non-hydrogen) atoms. The lowest BCUT2D eigenvalue weighted by Gasteiger charge is -2.22. The molecule has 6 rings (SSSR count). The van der Waals surface area contributed by atoms with Crippen molar-refractivity contribution >= 4 is 17.7 Å². The van der Waals surface area contributed by atoms with Crippen molar-refractivity contribution in [1.29, 1.82) is 5.26 Å². The van der Waals surface area contributed by atoms with Gasteiger partial charge in [0.2, 0.25) is 11.6 Å². The normalized spacial score (nSPS) is 14.2.